The first-order chi connectivity index (χ1) is 9.23. The molecule has 0 saturated heterocycles. The fourth-order valence-electron chi connectivity index (χ4n) is 2.76. The van der Waals surface area contributed by atoms with Gasteiger partial charge in [-0.2, -0.15) is 0 Å². The van der Waals surface area contributed by atoms with Crippen LogP contribution in [-0.4, -0.2) is 14.5 Å². The van der Waals surface area contributed by atoms with Crippen molar-refractivity contribution >= 4 is 26.0 Å². The first kappa shape index (κ1) is 16.0. The van der Waals surface area contributed by atoms with E-state index in [0.29, 0.717) is 5.76 Å². The Morgan fingerprint density at radius 1 is 1.55 bits per heavy atom. The lowest BCUT2D eigenvalue weighted by Crippen LogP contribution is -2.40. The van der Waals surface area contributed by atoms with Gasteiger partial charge in [0.1, 0.15) is 10.7 Å². The molecule has 20 heavy (non-hydrogen) atoms. The average Bonchev–Trinajstić information content (AvgIpc) is 2.69. The summed E-state index contributed by atoms with van der Waals surface area (Å²) in [6.07, 6.45) is 3.91. The third kappa shape index (κ3) is 3.63. The molecule has 1 unspecified atom stereocenters. The van der Waals surface area contributed by atoms with Crippen LogP contribution in [-0.2, 0) is 16.6 Å². The molecule has 1 fully saturated rings. The largest absolute Gasteiger partial charge is 0.452 e. The van der Waals surface area contributed by atoms with Gasteiger partial charge in [-0.3, -0.25) is 0 Å². The molecule has 1 saturated carbocycles. The highest BCUT2D eigenvalue weighted by molar-refractivity contribution is 9.10. The van der Waals surface area contributed by atoms with E-state index in [0.717, 1.165) is 25.7 Å². The standard InChI is InChI=1S/C13H21BrN2O3S/c1-13(2)5-3-4-9(7-13)16-20(17,18)11-6-10(8-15)19-12(11)14/h6,9,16H,3-5,7-8,15H2,1-2H3. The summed E-state index contributed by atoms with van der Waals surface area (Å²) in [6, 6.07) is 1.45. The van der Waals surface area contributed by atoms with Gasteiger partial charge in [0.15, 0.2) is 4.67 Å². The van der Waals surface area contributed by atoms with Crippen LogP contribution in [0.25, 0.3) is 0 Å². The van der Waals surface area contributed by atoms with Gasteiger partial charge >= 0.3 is 0 Å². The van der Waals surface area contributed by atoms with Gasteiger partial charge in [-0.05, 0) is 40.6 Å². The topological polar surface area (TPSA) is 85.3 Å². The molecule has 0 spiro atoms. The quantitative estimate of drug-likeness (QED) is 0.859. The van der Waals surface area contributed by atoms with E-state index in [1.54, 1.807) is 0 Å². The molecule has 0 bridgehead atoms. The molecule has 0 radical (unpaired) electrons. The summed E-state index contributed by atoms with van der Waals surface area (Å²) in [5.41, 5.74) is 5.65. The SMILES string of the molecule is CC1(C)CCCC(NS(=O)(=O)c2cc(CN)oc2Br)C1. The van der Waals surface area contributed by atoms with Crippen molar-refractivity contribution in [2.45, 2.75) is 57.0 Å². The van der Waals surface area contributed by atoms with E-state index in [-0.39, 0.29) is 27.6 Å². The summed E-state index contributed by atoms with van der Waals surface area (Å²) in [6.45, 7) is 4.52. The highest BCUT2D eigenvalue weighted by Crippen LogP contribution is 2.36. The van der Waals surface area contributed by atoms with Gasteiger partial charge in [-0.25, -0.2) is 13.1 Å². The third-order valence-corrected chi connectivity index (χ3v) is 6.10. The molecule has 1 atom stereocenters. The van der Waals surface area contributed by atoms with Crippen molar-refractivity contribution < 1.29 is 12.8 Å². The predicted octanol–water partition coefficient (Wildman–Crippen LogP) is 2.75. The lowest BCUT2D eigenvalue weighted by molar-refractivity contribution is 0.212. The molecule has 1 aliphatic rings. The minimum Gasteiger partial charge on any atom is -0.452 e. The highest BCUT2D eigenvalue weighted by atomic mass is 79.9. The molecule has 2 rings (SSSR count). The van der Waals surface area contributed by atoms with Crippen LogP contribution in [0.5, 0.6) is 0 Å². The van der Waals surface area contributed by atoms with Crippen LogP contribution < -0.4 is 10.5 Å². The van der Waals surface area contributed by atoms with E-state index in [1.165, 1.54) is 6.07 Å². The Morgan fingerprint density at radius 3 is 2.80 bits per heavy atom. The fraction of sp³-hybridized carbons (Fsp3) is 0.692. The van der Waals surface area contributed by atoms with E-state index in [4.69, 9.17) is 10.2 Å². The third-order valence-electron chi connectivity index (χ3n) is 3.72. The van der Waals surface area contributed by atoms with Crippen LogP contribution in [0.3, 0.4) is 0 Å². The molecule has 0 aliphatic heterocycles. The van der Waals surface area contributed by atoms with E-state index < -0.39 is 10.0 Å². The van der Waals surface area contributed by atoms with Crippen LogP contribution >= 0.6 is 15.9 Å². The van der Waals surface area contributed by atoms with Gasteiger partial charge in [-0.1, -0.05) is 20.3 Å². The van der Waals surface area contributed by atoms with Gasteiger partial charge in [0, 0.05) is 12.1 Å². The Morgan fingerprint density at radius 2 is 2.25 bits per heavy atom. The van der Waals surface area contributed by atoms with Crippen LogP contribution in [0.15, 0.2) is 20.0 Å². The summed E-state index contributed by atoms with van der Waals surface area (Å²) in [4.78, 5) is 0.126. The summed E-state index contributed by atoms with van der Waals surface area (Å²) in [7, 11) is -3.58. The van der Waals surface area contributed by atoms with Crippen molar-refractivity contribution in [3.05, 3.63) is 16.5 Å². The summed E-state index contributed by atoms with van der Waals surface area (Å²) in [5, 5.41) is 0. The lowest BCUT2D eigenvalue weighted by atomic mass is 9.75. The van der Waals surface area contributed by atoms with Crippen LogP contribution in [0.2, 0.25) is 0 Å². The maximum absolute atomic E-state index is 12.4. The number of hydrogen-bond donors (Lipinski definition) is 2. The smallest absolute Gasteiger partial charge is 0.245 e. The second-order valence-electron chi connectivity index (χ2n) is 6.13. The van der Waals surface area contributed by atoms with E-state index in [9.17, 15) is 8.42 Å². The van der Waals surface area contributed by atoms with E-state index in [1.807, 2.05) is 0 Å². The van der Waals surface area contributed by atoms with Gasteiger partial charge in [-0.15, -0.1) is 0 Å². The second kappa shape index (κ2) is 5.79. The molecule has 1 heterocycles. The fourth-order valence-corrected chi connectivity index (χ4v) is 5.03. The monoisotopic (exact) mass is 364 g/mol. The van der Waals surface area contributed by atoms with Crippen molar-refractivity contribution in [2.75, 3.05) is 0 Å². The van der Waals surface area contributed by atoms with E-state index in [2.05, 4.69) is 34.5 Å². The lowest BCUT2D eigenvalue weighted by Gasteiger charge is -2.35. The number of sulfonamides is 1. The van der Waals surface area contributed by atoms with Crippen LogP contribution in [0.4, 0.5) is 0 Å². The molecule has 1 aromatic heterocycles. The first-order valence-corrected chi connectivity index (χ1v) is 9.02. The molecule has 0 amide bonds. The van der Waals surface area contributed by atoms with Crippen molar-refractivity contribution in [2.24, 2.45) is 11.1 Å². The Kier molecular flexibility index (Phi) is 4.63. The van der Waals surface area contributed by atoms with E-state index >= 15 is 0 Å². The summed E-state index contributed by atoms with van der Waals surface area (Å²) < 4.78 is 33.1. The predicted molar refractivity (Wildman–Crippen MR) is 80.7 cm³/mol. The Labute approximate surface area is 128 Å². The van der Waals surface area contributed by atoms with Gasteiger partial charge < -0.3 is 10.2 Å². The Hall–Kier alpha value is -0.370. The summed E-state index contributed by atoms with van der Waals surface area (Å²) in [5.74, 6) is 0.446. The first-order valence-electron chi connectivity index (χ1n) is 6.74. The number of furan rings is 1. The van der Waals surface area contributed by atoms with Gasteiger partial charge in [0.2, 0.25) is 10.0 Å². The van der Waals surface area contributed by atoms with Crippen LogP contribution in [0, 0.1) is 5.41 Å². The van der Waals surface area contributed by atoms with Crippen molar-refractivity contribution in [1.82, 2.24) is 4.72 Å². The van der Waals surface area contributed by atoms with Crippen molar-refractivity contribution in [3.63, 3.8) is 0 Å². The zero-order valence-electron chi connectivity index (χ0n) is 11.8. The molecule has 114 valence electrons. The molecular weight excluding hydrogens is 344 g/mol. The Balaban J connectivity index is 2.16. The van der Waals surface area contributed by atoms with Crippen molar-refractivity contribution in [3.8, 4) is 0 Å². The van der Waals surface area contributed by atoms with Gasteiger partial charge in [0.05, 0.1) is 6.54 Å². The number of rotatable bonds is 4. The number of hydrogen-bond acceptors (Lipinski definition) is 4. The molecule has 5 nitrogen and oxygen atoms in total. The molecule has 0 aromatic carbocycles. The zero-order chi connectivity index (χ0) is 15.0. The molecule has 1 aliphatic carbocycles. The second-order valence-corrected chi connectivity index (χ2v) is 8.54. The van der Waals surface area contributed by atoms with Crippen LogP contribution in [0.1, 0.15) is 45.3 Å². The normalized spacial score (nSPS) is 22.9. The number of halogens is 1. The summed E-state index contributed by atoms with van der Waals surface area (Å²) >= 11 is 3.14. The maximum atomic E-state index is 12.4. The minimum absolute atomic E-state index is 0.0214. The minimum atomic E-state index is -3.58. The zero-order valence-corrected chi connectivity index (χ0v) is 14.2. The number of nitrogens with one attached hydrogen (secondary N) is 1. The molecule has 7 heteroatoms. The Bertz CT molecular complexity index is 580. The average molecular weight is 365 g/mol. The maximum Gasteiger partial charge on any atom is 0.245 e. The highest BCUT2D eigenvalue weighted by Gasteiger charge is 2.32. The van der Waals surface area contributed by atoms with Gasteiger partial charge in [0.25, 0.3) is 0 Å². The number of nitrogens with two attached hydrogens (primary N) is 1. The molecule has 3 N–H and O–H groups in total. The molecular formula is C13H21BrN2O3S. The molecule has 1 aromatic rings. The van der Waals surface area contributed by atoms with Crippen molar-refractivity contribution in [1.29, 1.82) is 0 Å².